The second-order valence-corrected chi connectivity index (χ2v) is 5.66. The van der Waals surface area contributed by atoms with Crippen LogP contribution in [0, 0.1) is 0 Å². The molecule has 1 atom stereocenters. The molecule has 0 spiro atoms. The van der Waals surface area contributed by atoms with E-state index in [1.54, 1.807) is 0 Å². The zero-order chi connectivity index (χ0) is 13.6. The molecule has 0 saturated carbocycles. The summed E-state index contributed by atoms with van der Waals surface area (Å²) in [5, 5.41) is 5.02. The van der Waals surface area contributed by atoms with Crippen LogP contribution in [0.1, 0.15) is 27.2 Å². The lowest BCUT2D eigenvalue weighted by Crippen LogP contribution is -2.54. The molecule has 1 saturated heterocycles. The Hall–Kier alpha value is -0.690. The molecule has 1 aliphatic rings. The fraction of sp³-hybridized carbons (Fsp3) is 0.917. The first-order valence-corrected chi connectivity index (χ1v) is 6.50. The van der Waals surface area contributed by atoms with Gasteiger partial charge in [-0.25, -0.2) is 5.01 Å². The minimum Gasteiger partial charge on any atom is -0.379 e. The summed E-state index contributed by atoms with van der Waals surface area (Å²) in [5.41, 5.74) is 8.79. The van der Waals surface area contributed by atoms with Crippen molar-refractivity contribution in [2.75, 3.05) is 32.8 Å². The molecule has 0 radical (unpaired) electrons. The van der Waals surface area contributed by atoms with Crippen LogP contribution in [0.5, 0.6) is 0 Å². The Balaban J connectivity index is 2.34. The van der Waals surface area contributed by atoms with Crippen LogP contribution in [-0.4, -0.2) is 55.3 Å². The molecule has 0 bridgehead atoms. The normalized spacial score (nSPS) is 19.6. The van der Waals surface area contributed by atoms with E-state index in [1.807, 2.05) is 20.8 Å². The van der Waals surface area contributed by atoms with E-state index in [1.165, 1.54) is 0 Å². The molecular weight excluding hydrogens is 232 g/mol. The molecule has 6 nitrogen and oxygen atoms in total. The second kappa shape index (κ2) is 7.04. The minimum absolute atomic E-state index is 0.0227. The number of hydrogen-bond acceptors (Lipinski definition) is 5. The first-order chi connectivity index (χ1) is 8.40. The average Bonchev–Trinajstić information content (AvgIpc) is 2.27. The number of nitrogens with two attached hydrogens (primary N) is 1. The summed E-state index contributed by atoms with van der Waals surface area (Å²) in [7, 11) is 0. The SMILES string of the molecule is CC(C)(C)NC(=O)CC(CN)NN1CCOCC1. The number of rotatable bonds is 5. The number of hydrogen-bond donors (Lipinski definition) is 3. The van der Waals surface area contributed by atoms with Crippen LogP contribution >= 0.6 is 0 Å². The van der Waals surface area contributed by atoms with Crippen molar-refractivity contribution in [3.8, 4) is 0 Å². The van der Waals surface area contributed by atoms with E-state index in [4.69, 9.17) is 10.5 Å². The van der Waals surface area contributed by atoms with Gasteiger partial charge in [-0.2, -0.15) is 0 Å². The van der Waals surface area contributed by atoms with Gasteiger partial charge in [0.15, 0.2) is 0 Å². The summed E-state index contributed by atoms with van der Waals surface area (Å²) < 4.78 is 5.27. The summed E-state index contributed by atoms with van der Waals surface area (Å²) in [5.74, 6) is 0.0266. The summed E-state index contributed by atoms with van der Waals surface area (Å²) in [6.07, 6.45) is 0.394. The molecule has 0 aromatic heterocycles. The molecule has 6 heteroatoms. The van der Waals surface area contributed by atoms with Gasteiger partial charge in [0, 0.05) is 37.6 Å². The van der Waals surface area contributed by atoms with Crippen molar-refractivity contribution in [2.24, 2.45) is 5.73 Å². The first kappa shape index (κ1) is 15.4. The lowest BCUT2D eigenvalue weighted by molar-refractivity contribution is -0.123. The predicted octanol–water partition coefficient (Wildman–Crippen LogP) is -0.545. The Morgan fingerprint density at radius 2 is 2.00 bits per heavy atom. The molecule has 1 heterocycles. The summed E-state index contributed by atoms with van der Waals surface area (Å²) >= 11 is 0. The van der Waals surface area contributed by atoms with Gasteiger partial charge in [0.2, 0.25) is 5.91 Å². The third-order valence-electron chi connectivity index (χ3n) is 2.61. The Morgan fingerprint density at radius 1 is 1.39 bits per heavy atom. The number of nitrogens with zero attached hydrogens (tertiary/aromatic N) is 1. The van der Waals surface area contributed by atoms with E-state index in [2.05, 4.69) is 15.8 Å². The fourth-order valence-electron chi connectivity index (χ4n) is 1.83. The molecule has 18 heavy (non-hydrogen) atoms. The molecular formula is C12H26N4O2. The van der Waals surface area contributed by atoms with Gasteiger partial charge in [-0.15, -0.1) is 0 Å². The third-order valence-corrected chi connectivity index (χ3v) is 2.61. The standard InChI is InChI=1S/C12H26N4O2/c1-12(2,3)14-11(17)8-10(9-13)15-16-4-6-18-7-5-16/h10,15H,4-9,13H2,1-3H3,(H,14,17). The largest absolute Gasteiger partial charge is 0.379 e. The van der Waals surface area contributed by atoms with Gasteiger partial charge in [0.25, 0.3) is 0 Å². The van der Waals surface area contributed by atoms with Crippen LogP contribution in [0.4, 0.5) is 0 Å². The average molecular weight is 258 g/mol. The Morgan fingerprint density at radius 3 is 2.50 bits per heavy atom. The van der Waals surface area contributed by atoms with Crippen LogP contribution in [0.25, 0.3) is 0 Å². The number of carbonyl (C=O) groups excluding carboxylic acids is 1. The third kappa shape index (κ3) is 6.30. The van der Waals surface area contributed by atoms with Gasteiger partial charge in [0.05, 0.1) is 13.2 Å². The molecule has 0 aromatic carbocycles. The maximum Gasteiger partial charge on any atom is 0.222 e. The molecule has 0 aliphatic carbocycles. The maximum atomic E-state index is 11.8. The highest BCUT2D eigenvalue weighted by atomic mass is 16.5. The van der Waals surface area contributed by atoms with Crippen LogP contribution in [0.15, 0.2) is 0 Å². The monoisotopic (exact) mass is 258 g/mol. The fourth-order valence-corrected chi connectivity index (χ4v) is 1.83. The number of amides is 1. The second-order valence-electron chi connectivity index (χ2n) is 5.66. The quantitative estimate of drug-likeness (QED) is 0.617. The molecule has 4 N–H and O–H groups in total. The van der Waals surface area contributed by atoms with Crippen molar-refractivity contribution >= 4 is 5.91 Å². The van der Waals surface area contributed by atoms with Gasteiger partial charge in [-0.05, 0) is 20.8 Å². The van der Waals surface area contributed by atoms with Crippen LogP contribution in [0.2, 0.25) is 0 Å². The topological polar surface area (TPSA) is 79.6 Å². The maximum absolute atomic E-state index is 11.8. The Kier molecular flexibility index (Phi) is 6.01. The Labute approximate surface area is 109 Å². The summed E-state index contributed by atoms with van der Waals surface area (Å²) in [6, 6.07) is -0.0227. The summed E-state index contributed by atoms with van der Waals surface area (Å²) in [6.45, 7) is 9.45. The van der Waals surface area contributed by atoms with Crippen molar-refractivity contribution in [3.63, 3.8) is 0 Å². The summed E-state index contributed by atoms with van der Waals surface area (Å²) in [4.78, 5) is 11.8. The molecule has 1 unspecified atom stereocenters. The smallest absolute Gasteiger partial charge is 0.222 e. The first-order valence-electron chi connectivity index (χ1n) is 6.50. The van der Waals surface area contributed by atoms with E-state index in [0.29, 0.717) is 13.0 Å². The van der Waals surface area contributed by atoms with Gasteiger partial charge >= 0.3 is 0 Å². The zero-order valence-corrected chi connectivity index (χ0v) is 11.7. The molecule has 1 aliphatic heterocycles. The molecule has 1 amide bonds. The van der Waals surface area contributed by atoms with E-state index >= 15 is 0 Å². The van der Waals surface area contributed by atoms with Crippen LogP contribution < -0.4 is 16.5 Å². The number of nitrogens with one attached hydrogen (secondary N) is 2. The molecule has 1 fully saturated rings. The van der Waals surface area contributed by atoms with E-state index in [0.717, 1.165) is 26.3 Å². The zero-order valence-electron chi connectivity index (χ0n) is 11.7. The Bertz CT molecular complexity index is 259. The molecule has 0 aromatic rings. The van der Waals surface area contributed by atoms with Gasteiger partial charge in [-0.1, -0.05) is 0 Å². The van der Waals surface area contributed by atoms with Crippen molar-refractivity contribution in [1.82, 2.24) is 15.8 Å². The van der Waals surface area contributed by atoms with Gasteiger partial charge < -0.3 is 15.8 Å². The van der Waals surface area contributed by atoms with Crippen LogP contribution in [-0.2, 0) is 9.53 Å². The number of hydrazine groups is 1. The number of morpholine rings is 1. The van der Waals surface area contributed by atoms with Gasteiger partial charge in [0.1, 0.15) is 0 Å². The van der Waals surface area contributed by atoms with Crippen molar-refractivity contribution in [2.45, 2.75) is 38.8 Å². The molecule has 106 valence electrons. The van der Waals surface area contributed by atoms with E-state index in [9.17, 15) is 4.79 Å². The minimum atomic E-state index is -0.199. The highest BCUT2D eigenvalue weighted by Gasteiger charge is 2.20. The van der Waals surface area contributed by atoms with Gasteiger partial charge in [-0.3, -0.25) is 10.2 Å². The number of ether oxygens (including phenoxy) is 1. The van der Waals surface area contributed by atoms with Crippen molar-refractivity contribution in [1.29, 1.82) is 0 Å². The van der Waals surface area contributed by atoms with E-state index in [-0.39, 0.29) is 17.5 Å². The van der Waals surface area contributed by atoms with E-state index < -0.39 is 0 Å². The van der Waals surface area contributed by atoms with Crippen LogP contribution in [0.3, 0.4) is 0 Å². The highest BCUT2D eigenvalue weighted by molar-refractivity contribution is 5.77. The lowest BCUT2D eigenvalue weighted by atomic mass is 10.1. The lowest BCUT2D eigenvalue weighted by Gasteiger charge is -2.31. The molecule has 1 rings (SSSR count). The highest BCUT2D eigenvalue weighted by Crippen LogP contribution is 2.02. The predicted molar refractivity (Wildman–Crippen MR) is 70.9 cm³/mol. The van der Waals surface area contributed by atoms with Crippen molar-refractivity contribution < 1.29 is 9.53 Å². The number of carbonyl (C=O) groups is 1. The van der Waals surface area contributed by atoms with Crippen molar-refractivity contribution in [3.05, 3.63) is 0 Å².